The van der Waals surface area contributed by atoms with Crippen LogP contribution < -0.4 is 4.18 Å². The molecule has 3 aromatic carbocycles. The summed E-state index contributed by atoms with van der Waals surface area (Å²) in [6.45, 7) is 1.91. The van der Waals surface area contributed by atoms with E-state index in [0.717, 1.165) is 24.8 Å². The highest BCUT2D eigenvalue weighted by molar-refractivity contribution is 7.87. The lowest BCUT2D eigenvalue weighted by molar-refractivity contribution is 0.486. The molecule has 0 radical (unpaired) electrons. The second-order valence-electron chi connectivity index (χ2n) is 6.33. The lowest BCUT2D eigenvalue weighted by Gasteiger charge is -2.08. The molecule has 0 amide bonds. The van der Waals surface area contributed by atoms with Crippen LogP contribution in [0.25, 0.3) is 0 Å². The summed E-state index contributed by atoms with van der Waals surface area (Å²) in [5.74, 6) is 0.331. The van der Waals surface area contributed by atoms with Gasteiger partial charge in [0.05, 0.1) is 0 Å². The van der Waals surface area contributed by atoms with Crippen molar-refractivity contribution >= 4 is 10.1 Å². The summed E-state index contributed by atoms with van der Waals surface area (Å²) < 4.78 is 29.8. The van der Waals surface area contributed by atoms with Crippen molar-refractivity contribution in [3.05, 3.63) is 95.6 Å². The molecule has 0 N–H and O–H groups in total. The number of hydrogen-bond donors (Lipinski definition) is 0. The lowest BCUT2D eigenvalue weighted by atomic mass is 10.0. The Morgan fingerprint density at radius 2 is 1.31 bits per heavy atom. The first-order valence-corrected chi connectivity index (χ1v) is 10.1. The molecule has 0 aromatic heterocycles. The third-order valence-electron chi connectivity index (χ3n) is 4.21. The van der Waals surface area contributed by atoms with Crippen LogP contribution in [-0.2, 0) is 23.0 Å². The Morgan fingerprint density at radius 3 is 1.92 bits per heavy atom. The fourth-order valence-corrected chi connectivity index (χ4v) is 3.66. The van der Waals surface area contributed by atoms with Gasteiger partial charge in [0.1, 0.15) is 10.6 Å². The van der Waals surface area contributed by atoms with Gasteiger partial charge in [0.25, 0.3) is 0 Å². The molecule has 0 spiro atoms. The molecule has 0 unspecified atom stereocenters. The fraction of sp³-hybridized carbons (Fsp3) is 0.182. The van der Waals surface area contributed by atoms with Crippen LogP contribution in [0, 0.1) is 6.92 Å². The Kier molecular flexibility index (Phi) is 5.74. The number of hydrogen-bond acceptors (Lipinski definition) is 3. The van der Waals surface area contributed by atoms with Gasteiger partial charge in [-0.2, -0.15) is 8.42 Å². The van der Waals surface area contributed by atoms with Gasteiger partial charge in [0, 0.05) is 0 Å². The van der Waals surface area contributed by atoms with Crippen molar-refractivity contribution in [2.75, 3.05) is 0 Å². The third-order valence-corrected chi connectivity index (χ3v) is 5.47. The second-order valence-corrected chi connectivity index (χ2v) is 7.88. The zero-order valence-corrected chi connectivity index (χ0v) is 15.6. The second kappa shape index (κ2) is 8.19. The molecule has 4 heteroatoms. The molecular formula is C22H22O3S. The smallest absolute Gasteiger partial charge is 0.339 e. The highest BCUT2D eigenvalue weighted by Crippen LogP contribution is 2.20. The van der Waals surface area contributed by atoms with Gasteiger partial charge < -0.3 is 4.18 Å². The van der Waals surface area contributed by atoms with Gasteiger partial charge in [0.2, 0.25) is 0 Å². The Bertz CT molecular complexity index is 929. The van der Waals surface area contributed by atoms with Gasteiger partial charge in [-0.05, 0) is 61.6 Å². The van der Waals surface area contributed by atoms with Crippen LogP contribution in [-0.4, -0.2) is 8.42 Å². The maximum absolute atomic E-state index is 12.3. The van der Waals surface area contributed by atoms with E-state index in [4.69, 9.17) is 4.18 Å². The summed E-state index contributed by atoms with van der Waals surface area (Å²) in [6.07, 6.45) is 3.02. The Morgan fingerprint density at radius 1 is 0.731 bits per heavy atom. The molecule has 3 rings (SSSR count). The lowest BCUT2D eigenvalue weighted by Crippen LogP contribution is -2.09. The van der Waals surface area contributed by atoms with Crippen LogP contribution in [0.1, 0.15) is 23.1 Å². The SMILES string of the molecule is Cc1ccc(S(=O)(=O)Oc2ccc(CCCc3ccccc3)cc2)cc1. The predicted molar refractivity (Wildman–Crippen MR) is 104 cm³/mol. The fourth-order valence-electron chi connectivity index (χ4n) is 2.73. The van der Waals surface area contributed by atoms with E-state index >= 15 is 0 Å². The summed E-state index contributed by atoms with van der Waals surface area (Å²) in [6, 6.07) is 24.3. The van der Waals surface area contributed by atoms with E-state index in [1.54, 1.807) is 36.4 Å². The monoisotopic (exact) mass is 366 g/mol. The first-order chi connectivity index (χ1) is 12.5. The van der Waals surface area contributed by atoms with Crippen LogP contribution in [0.5, 0.6) is 5.75 Å². The minimum Gasteiger partial charge on any atom is -0.379 e. The summed E-state index contributed by atoms with van der Waals surface area (Å²) >= 11 is 0. The Hall–Kier alpha value is -2.59. The van der Waals surface area contributed by atoms with Crippen molar-refractivity contribution in [2.45, 2.75) is 31.1 Å². The van der Waals surface area contributed by atoms with Crippen LogP contribution in [0.2, 0.25) is 0 Å². The molecule has 3 aromatic rings. The molecule has 0 saturated carbocycles. The van der Waals surface area contributed by atoms with Crippen molar-refractivity contribution < 1.29 is 12.6 Å². The number of aryl methyl sites for hydroxylation is 3. The zero-order valence-electron chi connectivity index (χ0n) is 14.8. The molecule has 0 saturated heterocycles. The van der Waals surface area contributed by atoms with Crippen LogP contribution >= 0.6 is 0 Å². The summed E-state index contributed by atoms with van der Waals surface area (Å²) in [5, 5.41) is 0. The van der Waals surface area contributed by atoms with E-state index in [1.165, 1.54) is 11.1 Å². The molecular weight excluding hydrogens is 344 g/mol. The molecule has 0 aliphatic carbocycles. The minimum atomic E-state index is -3.80. The normalized spacial score (nSPS) is 11.3. The van der Waals surface area contributed by atoms with Crippen molar-refractivity contribution in [3.63, 3.8) is 0 Å². The first-order valence-electron chi connectivity index (χ1n) is 8.67. The first kappa shape index (κ1) is 18.2. The molecule has 0 heterocycles. The van der Waals surface area contributed by atoms with E-state index in [-0.39, 0.29) is 4.90 Å². The number of benzene rings is 3. The molecule has 134 valence electrons. The van der Waals surface area contributed by atoms with E-state index in [1.807, 2.05) is 25.1 Å². The molecule has 0 aliphatic heterocycles. The maximum Gasteiger partial charge on any atom is 0.339 e. The summed E-state index contributed by atoms with van der Waals surface area (Å²) in [5.41, 5.74) is 3.50. The molecule has 26 heavy (non-hydrogen) atoms. The van der Waals surface area contributed by atoms with Crippen molar-refractivity contribution in [3.8, 4) is 5.75 Å². The zero-order chi connectivity index (χ0) is 18.4. The average molecular weight is 366 g/mol. The van der Waals surface area contributed by atoms with Gasteiger partial charge in [-0.25, -0.2) is 0 Å². The molecule has 0 bridgehead atoms. The third kappa shape index (κ3) is 4.96. The number of rotatable bonds is 7. The van der Waals surface area contributed by atoms with Gasteiger partial charge in [-0.1, -0.05) is 60.2 Å². The Labute approximate surface area is 155 Å². The highest BCUT2D eigenvalue weighted by Gasteiger charge is 2.16. The van der Waals surface area contributed by atoms with E-state index < -0.39 is 10.1 Å². The molecule has 3 nitrogen and oxygen atoms in total. The highest BCUT2D eigenvalue weighted by atomic mass is 32.2. The van der Waals surface area contributed by atoms with Crippen molar-refractivity contribution in [1.82, 2.24) is 0 Å². The maximum atomic E-state index is 12.3. The van der Waals surface area contributed by atoms with Gasteiger partial charge in [0.15, 0.2) is 0 Å². The summed E-state index contributed by atoms with van der Waals surface area (Å²) in [4.78, 5) is 0.162. The summed E-state index contributed by atoms with van der Waals surface area (Å²) in [7, 11) is -3.80. The van der Waals surface area contributed by atoms with Crippen molar-refractivity contribution in [2.24, 2.45) is 0 Å². The molecule has 0 atom stereocenters. The van der Waals surface area contributed by atoms with Gasteiger partial charge in [-0.3, -0.25) is 0 Å². The predicted octanol–water partition coefficient (Wildman–Crippen LogP) is 4.94. The average Bonchev–Trinajstić information content (AvgIpc) is 2.64. The molecule has 0 fully saturated rings. The van der Waals surface area contributed by atoms with E-state index in [0.29, 0.717) is 5.75 Å². The van der Waals surface area contributed by atoms with Gasteiger partial charge in [-0.15, -0.1) is 0 Å². The van der Waals surface area contributed by atoms with Crippen LogP contribution in [0.3, 0.4) is 0 Å². The van der Waals surface area contributed by atoms with Crippen molar-refractivity contribution in [1.29, 1.82) is 0 Å². The van der Waals surface area contributed by atoms with E-state index in [2.05, 4.69) is 24.3 Å². The van der Waals surface area contributed by atoms with Gasteiger partial charge >= 0.3 is 10.1 Å². The standard InChI is InChI=1S/C22H22O3S/c1-18-10-16-22(17-11-18)26(23,24)25-21-14-12-20(13-15-21)9-5-8-19-6-3-2-4-7-19/h2-4,6-7,10-17H,5,8-9H2,1H3. The van der Waals surface area contributed by atoms with Crippen LogP contribution in [0.15, 0.2) is 83.8 Å². The topological polar surface area (TPSA) is 43.4 Å². The minimum absolute atomic E-state index is 0.162. The largest absolute Gasteiger partial charge is 0.379 e. The molecule has 0 aliphatic rings. The quantitative estimate of drug-likeness (QED) is 0.556. The van der Waals surface area contributed by atoms with E-state index in [9.17, 15) is 8.42 Å². The Balaban J connectivity index is 1.58. The van der Waals surface area contributed by atoms with Crippen LogP contribution in [0.4, 0.5) is 0 Å².